The largest absolute Gasteiger partial charge is 0.469 e. The van der Waals surface area contributed by atoms with Crippen LogP contribution in [0.25, 0.3) is 10.9 Å². The fourth-order valence-electron chi connectivity index (χ4n) is 4.11. The number of sulfone groups is 1. The van der Waals surface area contributed by atoms with Crippen LogP contribution in [0.4, 0.5) is 0 Å². The zero-order chi connectivity index (χ0) is 27.8. The van der Waals surface area contributed by atoms with Crippen molar-refractivity contribution >= 4 is 34.5 Å². The van der Waals surface area contributed by atoms with E-state index < -0.39 is 28.3 Å². The van der Waals surface area contributed by atoms with E-state index in [-0.39, 0.29) is 25.0 Å². The molecule has 1 amide bonds. The van der Waals surface area contributed by atoms with Crippen molar-refractivity contribution in [1.82, 2.24) is 15.3 Å². The standard InChI is InChI=1S/C25H28N3O8PS/c1-24(23(29)27-30,38(2,34)35)13-14-28-16-20-15-19(7-10-22(20)26-28)4-3-18-5-8-21(9-6-18)25(11-12-25)17-36-37(31,32)33/h5-10,15-16,30H,11-14,17H2,1-2H3,(H,27,29)(H2,31,32,33). The third-order valence-corrected chi connectivity index (χ3v) is 9.47. The van der Waals surface area contributed by atoms with Crippen molar-refractivity contribution in [3.05, 3.63) is 65.4 Å². The van der Waals surface area contributed by atoms with Crippen LogP contribution in [0, 0.1) is 11.8 Å². The van der Waals surface area contributed by atoms with Gasteiger partial charge in [-0.05, 0) is 62.1 Å². The minimum atomic E-state index is -4.51. The Bertz CT molecular complexity index is 1580. The smallest absolute Gasteiger partial charge is 0.303 e. The molecule has 1 atom stereocenters. The van der Waals surface area contributed by atoms with Gasteiger partial charge in [0.25, 0.3) is 5.91 Å². The van der Waals surface area contributed by atoms with Crippen molar-refractivity contribution in [2.45, 2.75) is 42.9 Å². The van der Waals surface area contributed by atoms with Gasteiger partial charge in [0.2, 0.25) is 0 Å². The van der Waals surface area contributed by atoms with Gasteiger partial charge < -0.3 is 9.79 Å². The Hall–Kier alpha value is -3.04. The molecule has 4 N–H and O–H groups in total. The average molecular weight is 562 g/mol. The van der Waals surface area contributed by atoms with E-state index >= 15 is 0 Å². The van der Waals surface area contributed by atoms with E-state index in [9.17, 15) is 17.8 Å². The maximum Gasteiger partial charge on any atom is 0.469 e. The number of benzene rings is 2. The van der Waals surface area contributed by atoms with Gasteiger partial charge in [-0.3, -0.25) is 19.2 Å². The molecule has 2 aromatic carbocycles. The number of rotatable bonds is 9. The fraction of sp³-hybridized carbons (Fsp3) is 0.360. The van der Waals surface area contributed by atoms with Gasteiger partial charge in [0, 0.05) is 40.9 Å². The second kappa shape index (κ2) is 10.3. The summed E-state index contributed by atoms with van der Waals surface area (Å²) in [4.78, 5) is 30.0. The quantitative estimate of drug-likeness (QED) is 0.133. The summed E-state index contributed by atoms with van der Waals surface area (Å²) in [7, 11) is -8.32. The molecule has 13 heteroatoms. The number of nitrogens with zero attached hydrogens (tertiary/aromatic N) is 2. The number of hydroxylamine groups is 1. The highest BCUT2D eigenvalue weighted by atomic mass is 32.2. The highest BCUT2D eigenvalue weighted by Gasteiger charge is 2.46. The van der Waals surface area contributed by atoms with E-state index in [1.165, 1.54) is 12.4 Å². The molecular weight excluding hydrogens is 533 g/mol. The van der Waals surface area contributed by atoms with Gasteiger partial charge in [0.1, 0.15) is 0 Å². The van der Waals surface area contributed by atoms with Gasteiger partial charge in [-0.1, -0.05) is 24.0 Å². The summed E-state index contributed by atoms with van der Waals surface area (Å²) in [6, 6.07) is 13.0. The van der Waals surface area contributed by atoms with E-state index in [4.69, 9.17) is 19.5 Å². The van der Waals surface area contributed by atoms with Crippen molar-refractivity contribution in [3.63, 3.8) is 0 Å². The number of nitrogens with one attached hydrogen (secondary N) is 1. The first-order chi connectivity index (χ1) is 17.7. The molecule has 202 valence electrons. The van der Waals surface area contributed by atoms with Crippen molar-refractivity contribution in [2.75, 3.05) is 12.9 Å². The summed E-state index contributed by atoms with van der Waals surface area (Å²) in [6.07, 6.45) is 4.21. The highest BCUT2D eigenvalue weighted by Crippen LogP contribution is 2.51. The SMILES string of the molecule is CC(CCn1cc2cc(C#Cc3ccc(C4(COP(=O)(O)O)CC4)cc3)ccc2n1)(C(=O)NO)S(C)(=O)=O. The van der Waals surface area contributed by atoms with Crippen LogP contribution in [0.5, 0.6) is 0 Å². The Kier molecular flexibility index (Phi) is 7.56. The number of aryl methyl sites for hydroxylation is 1. The monoisotopic (exact) mass is 561 g/mol. The maximum absolute atomic E-state index is 12.2. The van der Waals surface area contributed by atoms with Crippen LogP contribution in [0.1, 0.15) is 42.9 Å². The second-order valence-electron chi connectivity index (χ2n) is 9.73. The Morgan fingerprint density at radius 2 is 1.82 bits per heavy atom. The van der Waals surface area contributed by atoms with Crippen LogP contribution in [0.2, 0.25) is 0 Å². The van der Waals surface area contributed by atoms with Crippen LogP contribution >= 0.6 is 7.82 Å². The minimum Gasteiger partial charge on any atom is -0.303 e. The van der Waals surface area contributed by atoms with Crippen LogP contribution in [-0.4, -0.2) is 56.7 Å². The zero-order valence-corrected chi connectivity index (χ0v) is 22.5. The molecule has 0 radical (unpaired) electrons. The summed E-state index contributed by atoms with van der Waals surface area (Å²) in [5.41, 5.74) is 4.23. The lowest BCUT2D eigenvalue weighted by Gasteiger charge is -2.24. The van der Waals surface area contributed by atoms with Gasteiger partial charge in [0.15, 0.2) is 14.6 Å². The Balaban J connectivity index is 1.45. The lowest BCUT2D eigenvalue weighted by Crippen LogP contribution is -2.49. The number of phosphoric acid groups is 1. The predicted octanol–water partition coefficient (Wildman–Crippen LogP) is 2.28. The van der Waals surface area contributed by atoms with Gasteiger partial charge in [-0.2, -0.15) is 5.10 Å². The third kappa shape index (κ3) is 6.15. The number of fused-ring (bicyclic) bond motifs is 1. The first kappa shape index (κ1) is 28.0. The number of carbonyl (C=O) groups is 1. The number of amides is 1. The summed E-state index contributed by atoms with van der Waals surface area (Å²) in [5.74, 6) is 5.21. The molecular formula is C25H28N3O8PS. The molecule has 0 aliphatic heterocycles. The van der Waals surface area contributed by atoms with Crippen LogP contribution in [-0.2, 0) is 35.7 Å². The average Bonchev–Trinajstić information content (AvgIpc) is 3.55. The van der Waals surface area contributed by atoms with Gasteiger partial charge in [-0.15, -0.1) is 0 Å². The summed E-state index contributed by atoms with van der Waals surface area (Å²) >= 11 is 0. The van der Waals surface area contributed by atoms with Crippen molar-refractivity contribution in [3.8, 4) is 11.8 Å². The van der Waals surface area contributed by atoms with E-state index in [0.29, 0.717) is 5.52 Å². The molecule has 1 heterocycles. The normalized spacial score (nSPS) is 16.3. The highest BCUT2D eigenvalue weighted by molar-refractivity contribution is 7.92. The number of phosphoric ester groups is 1. The van der Waals surface area contributed by atoms with Crippen LogP contribution < -0.4 is 5.48 Å². The van der Waals surface area contributed by atoms with Gasteiger partial charge in [-0.25, -0.2) is 18.5 Å². The molecule has 3 aromatic rings. The molecule has 0 spiro atoms. The fourth-order valence-corrected chi connectivity index (χ4v) is 5.37. The second-order valence-corrected chi connectivity index (χ2v) is 13.4. The molecule has 11 nitrogen and oxygen atoms in total. The Labute approximate surface area is 219 Å². The lowest BCUT2D eigenvalue weighted by atomic mass is 9.96. The van der Waals surface area contributed by atoms with Crippen molar-refractivity contribution in [2.24, 2.45) is 0 Å². The number of aromatic nitrogens is 2. The number of hydrogen-bond donors (Lipinski definition) is 4. The summed E-state index contributed by atoms with van der Waals surface area (Å²) < 4.78 is 39.8. The zero-order valence-electron chi connectivity index (χ0n) is 20.8. The van der Waals surface area contributed by atoms with Crippen molar-refractivity contribution < 1.29 is 37.3 Å². The van der Waals surface area contributed by atoms with Crippen molar-refractivity contribution in [1.29, 1.82) is 0 Å². The molecule has 1 aliphatic carbocycles. The first-order valence-corrected chi connectivity index (χ1v) is 15.1. The molecule has 1 aliphatic rings. The molecule has 0 saturated heterocycles. The molecule has 0 bridgehead atoms. The Morgan fingerprint density at radius 3 is 2.39 bits per heavy atom. The van der Waals surface area contributed by atoms with Gasteiger partial charge in [0.05, 0.1) is 12.1 Å². The minimum absolute atomic E-state index is 0.0296. The van der Waals surface area contributed by atoms with Gasteiger partial charge >= 0.3 is 7.82 Å². The van der Waals surface area contributed by atoms with Crippen LogP contribution in [0.3, 0.4) is 0 Å². The summed E-state index contributed by atoms with van der Waals surface area (Å²) in [5, 5.41) is 14.2. The topological polar surface area (TPSA) is 168 Å². The molecule has 1 aromatic heterocycles. The van der Waals surface area contributed by atoms with E-state index in [1.807, 2.05) is 36.4 Å². The maximum atomic E-state index is 12.2. The number of carbonyl (C=O) groups excluding carboxylic acids is 1. The van der Waals surface area contributed by atoms with E-state index in [0.717, 1.165) is 41.2 Å². The molecule has 4 rings (SSSR count). The van der Waals surface area contributed by atoms with E-state index in [2.05, 4.69) is 16.9 Å². The Morgan fingerprint density at radius 1 is 1.18 bits per heavy atom. The molecule has 1 unspecified atom stereocenters. The molecule has 38 heavy (non-hydrogen) atoms. The predicted molar refractivity (Wildman–Crippen MR) is 139 cm³/mol. The number of hydrogen-bond acceptors (Lipinski definition) is 7. The first-order valence-electron chi connectivity index (χ1n) is 11.7. The van der Waals surface area contributed by atoms with E-state index in [1.54, 1.807) is 16.9 Å². The van der Waals surface area contributed by atoms with Crippen LogP contribution in [0.15, 0.2) is 48.7 Å². The molecule has 1 fully saturated rings. The molecule has 1 saturated carbocycles. The summed E-state index contributed by atoms with van der Waals surface area (Å²) in [6.45, 7) is 1.37. The lowest BCUT2D eigenvalue weighted by molar-refractivity contribution is -0.131. The third-order valence-electron chi connectivity index (χ3n) is 6.98.